The van der Waals surface area contributed by atoms with Crippen molar-refractivity contribution >= 4 is 15.9 Å². The second kappa shape index (κ2) is 6.16. The van der Waals surface area contributed by atoms with Crippen molar-refractivity contribution in [2.45, 2.75) is 40.2 Å². The highest BCUT2D eigenvalue weighted by Gasteiger charge is 2.25. The average molecular weight is 316 g/mol. The van der Waals surface area contributed by atoms with Crippen LogP contribution in [0.2, 0.25) is 0 Å². The van der Waals surface area contributed by atoms with Gasteiger partial charge in [-0.25, -0.2) is 4.39 Å². The molecule has 0 heterocycles. The van der Waals surface area contributed by atoms with Gasteiger partial charge >= 0.3 is 0 Å². The molecule has 0 saturated heterocycles. The number of rotatable bonds is 4. The van der Waals surface area contributed by atoms with Crippen LogP contribution in [0, 0.1) is 17.2 Å². The molecule has 1 aromatic rings. The van der Waals surface area contributed by atoms with Crippen LogP contribution in [0.3, 0.4) is 0 Å². The molecule has 102 valence electrons. The molecule has 18 heavy (non-hydrogen) atoms. The summed E-state index contributed by atoms with van der Waals surface area (Å²) in [6.07, 6.45) is 0.924. The molecule has 0 radical (unpaired) electrons. The number of benzene rings is 1. The molecule has 1 rings (SSSR count). The second-order valence-corrected chi connectivity index (χ2v) is 6.93. The summed E-state index contributed by atoms with van der Waals surface area (Å²) in [6, 6.07) is 5.17. The van der Waals surface area contributed by atoms with E-state index >= 15 is 0 Å². The molecular formula is C15H23BrFN. The van der Waals surface area contributed by atoms with Crippen LogP contribution in [0.25, 0.3) is 0 Å². The fourth-order valence-electron chi connectivity index (χ4n) is 1.89. The van der Waals surface area contributed by atoms with Crippen molar-refractivity contribution in [2.24, 2.45) is 11.3 Å². The predicted octanol–water partition coefficient (Wildman–Crippen LogP) is 4.92. The summed E-state index contributed by atoms with van der Waals surface area (Å²) in [5.41, 5.74) is 0.973. The lowest BCUT2D eigenvalue weighted by Crippen LogP contribution is -2.26. The molecule has 2 unspecified atom stereocenters. The second-order valence-electron chi connectivity index (χ2n) is 6.01. The van der Waals surface area contributed by atoms with Crippen LogP contribution in [0.4, 0.5) is 4.39 Å². The lowest BCUT2D eigenvalue weighted by molar-refractivity contribution is 0.224. The molecule has 0 bridgehead atoms. The Bertz CT molecular complexity index is 398. The molecule has 1 N–H and O–H groups in total. The molecule has 0 saturated carbocycles. The monoisotopic (exact) mass is 315 g/mol. The van der Waals surface area contributed by atoms with Crippen molar-refractivity contribution in [3.8, 4) is 0 Å². The lowest BCUT2D eigenvalue weighted by atomic mass is 9.77. The van der Waals surface area contributed by atoms with Crippen molar-refractivity contribution in [2.75, 3.05) is 7.05 Å². The zero-order valence-electron chi connectivity index (χ0n) is 11.8. The van der Waals surface area contributed by atoms with Crippen LogP contribution in [0.15, 0.2) is 22.7 Å². The van der Waals surface area contributed by atoms with E-state index in [9.17, 15) is 4.39 Å². The van der Waals surface area contributed by atoms with Gasteiger partial charge in [0.25, 0.3) is 0 Å². The van der Waals surface area contributed by atoms with Gasteiger partial charge in [-0.05, 0) is 43.0 Å². The van der Waals surface area contributed by atoms with Gasteiger partial charge in [0.15, 0.2) is 0 Å². The fraction of sp³-hybridized carbons (Fsp3) is 0.600. The van der Waals surface area contributed by atoms with Crippen molar-refractivity contribution in [3.63, 3.8) is 0 Å². The van der Waals surface area contributed by atoms with Gasteiger partial charge in [-0.1, -0.05) is 43.6 Å². The van der Waals surface area contributed by atoms with Crippen LogP contribution in [-0.4, -0.2) is 7.05 Å². The SMILES string of the molecule is CNC(CC(C)C(C)(C)C)c1cc(Br)ccc1F. The first-order valence-corrected chi connectivity index (χ1v) is 7.17. The molecule has 0 amide bonds. The quantitative estimate of drug-likeness (QED) is 0.831. The van der Waals surface area contributed by atoms with Crippen molar-refractivity contribution in [1.82, 2.24) is 5.32 Å². The number of hydrogen-bond donors (Lipinski definition) is 1. The van der Waals surface area contributed by atoms with Gasteiger partial charge in [0.2, 0.25) is 0 Å². The van der Waals surface area contributed by atoms with Crippen LogP contribution in [-0.2, 0) is 0 Å². The van der Waals surface area contributed by atoms with E-state index in [2.05, 4.69) is 48.9 Å². The lowest BCUT2D eigenvalue weighted by Gasteiger charge is -2.31. The predicted molar refractivity (Wildman–Crippen MR) is 79.1 cm³/mol. The Morgan fingerprint density at radius 3 is 2.44 bits per heavy atom. The van der Waals surface area contributed by atoms with Crippen LogP contribution < -0.4 is 5.32 Å². The topological polar surface area (TPSA) is 12.0 Å². The Morgan fingerprint density at radius 1 is 1.33 bits per heavy atom. The fourth-order valence-corrected chi connectivity index (χ4v) is 2.27. The number of nitrogens with one attached hydrogen (secondary N) is 1. The summed E-state index contributed by atoms with van der Waals surface area (Å²) in [4.78, 5) is 0. The highest BCUT2D eigenvalue weighted by Crippen LogP contribution is 2.34. The molecule has 0 aliphatic carbocycles. The normalized spacial score (nSPS) is 15.5. The van der Waals surface area contributed by atoms with E-state index in [0.29, 0.717) is 5.92 Å². The zero-order valence-corrected chi connectivity index (χ0v) is 13.4. The molecule has 2 atom stereocenters. The molecule has 0 spiro atoms. The maximum Gasteiger partial charge on any atom is 0.128 e. The Balaban J connectivity index is 2.93. The minimum absolute atomic E-state index is 0.0525. The Morgan fingerprint density at radius 2 is 1.94 bits per heavy atom. The van der Waals surface area contributed by atoms with E-state index < -0.39 is 0 Å². The summed E-state index contributed by atoms with van der Waals surface area (Å²) in [5, 5.41) is 3.23. The van der Waals surface area contributed by atoms with Gasteiger partial charge in [-0.2, -0.15) is 0 Å². The van der Waals surface area contributed by atoms with E-state index in [1.165, 1.54) is 6.07 Å². The van der Waals surface area contributed by atoms with Crippen LogP contribution >= 0.6 is 15.9 Å². The van der Waals surface area contributed by atoms with Gasteiger partial charge in [0.1, 0.15) is 5.82 Å². The molecule has 3 heteroatoms. The van der Waals surface area contributed by atoms with E-state index in [0.717, 1.165) is 16.5 Å². The summed E-state index contributed by atoms with van der Waals surface area (Å²) in [5.74, 6) is 0.368. The smallest absolute Gasteiger partial charge is 0.128 e. The molecule has 1 nitrogen and oxygen atoms in total. The molecule has 0 fully saturated rings. The molecule has 1 aromatic carbocycles. The Hall–Kier alpha value is -0.410. The first-order chi connectivity index (χ1) is 8.25. The molecule has 0 aliphatic heterocycles. The third kappa shape index (κ3) is 4.06. The Kier molecular flexibility index (Phi) is 5.35. The average Bonchev–Trinajstić information content (AvgIpc) is 2.28. The molecular weight excluding hydrogens is 293 g/mol. The summed E-state index contributed by atoms with van der Waals surface area (Å²) in [6.45, 7) is 8.89. The summed E-state index contributed by atoms with van der Waals surface area (Å²) in [7, 11) is 1.89. The Labute approximate surface area is 118 Å². The van der Waals surface area contributed by atoms with Gasteiger partial charge in [-0.15, -0.1) is 0 Å². The third-order valence-electron chi connectivity index (χ3n) is 3.75. The van der Waals surface area contributed by atoms with Crippen LogP contribution in [0.1, 0.15) is 45.7 Å². The first-order valence-electron chi connectivity index (χ1n) is 6.38. The van der Waals surface area contributed by atoms with Gasteiger partial charge < -0.3 is 5.32 Å². The van der Waals surface area contributed by atoms with E-state index in [4.69, 9.17) is 0 Å². The summed E-state index contributed by atoms with van der Waals surface area (Å²) < 4.78 is 14.8. The minimum Gasteiger partial charge on any atom is -0.313 e. The minimum atomic E-state index is -0.140. The largest absolute Gasteiger partial charge is 0.313 e. The standard InChI is InChI=1S/C15H23BrFN/c1-10(15(2,3)4)8-14(18-5)12-9-11(16)6-7-13(12)17/h6-7,9-10,14,18H,8H2,1-5H3. The van der Waals surface area contributed by atoms with Crippen molar-refractivity contribution in [1.29, 1.82) is 0 Å². The third-order valence-corrected chi connectivity index (χ3v) is 4.24. The van der Waals surface area contributed by atoms with Gasteiger partial charge in [0.05, 0.1) is 0 Å². The molecule has 0 aromatic heterocycles. The summed E-state index contributed by atoms with van der Waals surface area (Å²) >= 11 is 3.41. The first kappa shape index (κ1) is 15.6. The van der Waals surface area contributed by atoms with Crippen molar-refractivity contribution in [3.05, 3.63) is 34.1 Å². The highest BCUT2D eigenvalue weighted by atomic mass is 79.9. The number of hydrogen-bond acceptors (Lipinski definition) is 1. The van der Waals surface area contributed by atoms with E-state index in [-0.39, 0.29) is 17.3 Å². The number of halogens is 2. The maximum absolute atomic E-state index is 13.9. The highest BCUT2D eigenvalue weighted by molar-refractivity contribution is 9.10. The van der Waals surface area contributed by atoms with Crippen LogP contribution in [0.5, 0.6) is 0 Å². The van der Waals surface area contributed by atoms with E-state index in [1.54, 1.807) is 6.07 Å². The zero-order chi connectivity index (χ0) is 13.9. The van der Waals surface area contributed by atoms with Crippen molar-refractivity contribution < 1.29 is 4.39 Å². The van der Waals surface area contributed by atoms with E-state index in [1.807, 2.05) is 13.1 Å². The van der Waals surface area contributed by atoms with Gasteiger partial charge in [-0.3, -0.25) is 0 Å². The maximum atomic E-state index is 13.9. The van der Waals surface area contributed by atoms with Gasteiger partial charge in [0, 0.05) is 16.1 Å². The molecule has 0 aliphatic rings.